The maximum atomic E-state index is 12.7. The van der Waals surface area contributed by atoms with Gasteiger partial charge in [0, 0.05) is 13.1 Å². The van der Waals surface area contributed by atoms with E-state index in [0.717, 1.165) is 18.7 Å². The summed E-state index contributed by atoms with van der Waals surface area (Å²) < 4.78 is 23.9. The van der Waals surface area contributed by atoms with Gasteiger partial charge in [-0.05, 0) is 24.6 Å². The molecule has 1 N–H and O–H groups in total. The molecule has 94 valence electrons. The summed E-state index contributed by atoms with van der Waals surface area (Å²) in [6.07, 6.45) is 0.349. The second-order valence-electron chi connectivity index (χ2n) is 4.37. The van der Waals surface area contributed by atoms with Crippen molar-refractivity contribution in [3.63, 3.8) is 0 Å². The van der Waals surface area contributed by atoms with E-state index in [4.69, 9.17) is 9.47 Å². The molecule has 2 unspecified atom stereocenters. The fraction of sp³-hybridized carbons (Fsp3) is 0.538. The number of rotatable bonds is 4. The third-order valence-electron chi connectivity index (χ3n) is 2.71. The van der Waals surface area contributed by atoms with E-state index in [1.54, 1.807) is 12.1 Å². The Hall–Kier alpha value is -0.970. The summed E-state index contributed by atoms with van der Waals surface area (Å²) in [5.74, 6) is -0.220. The van der Waals surface area contributed by atoms with Crippen molar-refractivity contribution in [1.82, 2.24) is 5.32 Å². The summed E-state index contributed by atoms with van der Waals surface area (Å²) in [6.45, 7) is 4.82. The van der Waals surface area contributed by atoms with Crippen LogP contribution in [0.3, 0.4) is 0 Å². The average molecular weight is 239 g/mol. The average Bonchev–Trinajstić information content (AvgIpc) is 2.32. The molecule has 17 heavy (non-hydrogen) atoms. The monoisotopic (exact) mass is 239 g/mol. The van der Waals surface area contributed by atoms with Crippen LogP contribution in [0.15, 0.2) is 24.3 Å². The summed E-state index contributed by atoms with van der Waals surface area (Å²) in [5.41, 5.74) is 0.975. The van der Waals surface area contributed by atoms with E-state index in [1.807, 2.05) is 6.92 Å². The van der Waals surface area contributed by atoms with Gasteiger partial charge >= 0.3 is 0 Å². The lowest BCUT2D eigenvalue weighted by molar-refractivity contribution is -0.0716. The van der Waals surface area contributed by atoms with Crippen molar-refractivity contribution in [3.05, 3.63) is 35.6 Å². The molecular weight excluding hydrogens is 221 g/mol. The maximum absolute atomic E-state index is 12.7. The number of morpholine rings is 1. The second kappa shape index (κ2) is 6.10. The summed E-state index contributed by atoms with van der Waals surface area (Å²) in [7, 11) is 0. The van der Waals surface area contributed by atoms with Gasteiger partial charge in [-0.3, -0.25) is 0 Å². The second-order valence-corrected chi connectivity index (χ2v) is 4.37. The third-order valence-corrected chi connectivity index (χ3v) is 2.71. The minimum atomic E-state index is -0.220. The molecule has 0 aromatic heterocycles. The van der Waals surface area contributed by atoms with Gasteiger partial charge in [0.25, 0.3) is 0 Å². The lowest BCUT2D eigenvalue weighted by Gasteiger charge is -2.28. The lowest BCUT2D eigenvalue weighted by Crippen LogP contribution is -2.45. The van der Waals surface area contributed by atoms with Gasteiger partial charge in [0.05, 0.1) is 25.4 Å². The van der Waals surface area contributed by atoms with Gasteiger partial charge in [-0.25, -0.2) is 4.39 Å². The molecule has 1 aromatic carbocycles. The molecule has 2 rings (SSSR count). The van der Waals surface area contributed by atoms with E-state index in [1.165, 1.54) is 12.1 Å². The van der Waals surface area contributed by atoms with Crippen molar-refractivity contribution in [1.29, 1.82) is 0 Å². The first-order chi connectivity index (χ1) is 8.24. The van der Waals surface area contributed by atoms with Crippen LogP contribution in [0.5, 0.6) is 0 Å². The first-order valence-electron chi connectivity index (χ1n) is 5.92. The number of nitrogens with one attached hydrogen (secondary N) is 1. The van der Waals surface area contributed by atoms with Crippen LogP contribution in [0.2, 0.25) is 0 Å². The number of ether oxygens (including phenoxy) is 2. The predicted molar refractivity (Wildman–Crippen MR) is 63.3 cm³/mol. The third kappa shape index (κ3) is 4.07. The summed E-state index contributed by atoms with van der Waals surface area (Å²) in [5, 5.41) is 3.29. The number of hydrogen-bond acceptors (Lipinski definition) is 3. The van der Waals surface area contributed by atoms with Crippen molar-refractivity contribution in [2.45, 2.75) is 25.7 Å². The summed E-state index contributed by atoms with van der Waals surface area (Å²) in [4.78, 5) is 0. The highest BCUT2D eigenvalue weighted by molar-refractivity contribution is 5.14. The van der Waals surface area contributed by atoms with Gasteiger partial charge in [-0.15, -0.1) is 0 Å². The van der Waals surface area contributed by atoms with Crippen LogP contribution < -0.4 is 5.32 Å². The molecule has 1 aliphatic heterocycles. The molecule has 1 aromatic rings. The molecule has 3 nitrogen and oxygen atoms in total. The molecule has 0 radical (unpaired) electrons. The first kappa shape index (κ1) is 12.5. The Morgan fingerprint density at radius 1 is 1.35 bits per heavy atom. The van der Waals surface area contributed by atoms with Crippen LogP contribution in [-0.4, -0.2) is 31.9 Å². The maximum Gasteiger partial charge on any atom is 0.123 e. The van der Waals surface area contributed by atoms with E-state index in [9.17, 15) is 4.39 Å². The Morgan fingerprint density at radius 3 is 2.82 bits per heavy atom. The molecule has 0 saturated carbocycles. The highest BCUT2D eigenvalue weighted by atomic mass is 19.1. The normalized spacial score (nSPS) is 24.8. The number of hydrogen-bond donors (Lipinski definition) is 1. The predicted octanol–water partition coefficient (Wildman–Crippen LogP) is 1.72. The fourth-order valence-corrected chi connectivity index (χ4v) is 1.86. The molecule has 4 heteroatoms. The van der Waals surface area contributed by atoms with Crippen molar-refractivity contribution >= 4 is 0 Å². The SMILES string of the molecule is CC1CNCC(COCc2ccc(F)cc2)O1. The van der Waals surface area contributed by atoms with Crippen LogP contribution in [0.1, 0.15) is 12.5 Å². The standard InChI is InChI=1S/C13H18FNO2/c1-10-6-15-7-13(17-10)9-16-8-11-2-4-12(14)5-3-11/h2-5,10,13,15H,6-9H2,1H3. The molecule has 0 spiro atoms. The molecule has 0 amide bonds. The minimum absolute atomic E-state index is 0.110. The van der Waals surface area contributed by atoms with Crippen molar-refractivity contribution in [2.24, 2.45) is 0 Å². The van der Waals surface area contributed by atoms with Gasteiger partial charge in [-0.1, -0.05) is 12.1 Å². The summed E-state index contributed by atoms with van der Waals surface area (Å²) in [6, 6.07) is 6.36. The zero-order valence-corrected chi connectivity index (χ0v) is 9.99. The molecule has 1 saturated heterocycles. The van der Waals surface area contributed by atoms with Crippen molar-refractivity contribution in [2.75, 3.05) is 19.7 Å². The molecule has 1 aliphatic rings. The molecule has 1 heterocycles. The lowest BCUT2D eigenvalue weighted by atomic mass is 10.2. The number of halogens is 1. The number of benzene rings is 1. The minimum Gasteiger partial charge on any atom is -0.374 e. The summed E-state index contributed by atoms with van der Waals surface area (Å²) >= 11 is 0. The van der Waals surface area contributed by atoms with E-state index in [2.05, 4.69) is 5.32 Å². The highest BCUT2D eigenvalue weighted by Gasteiger charge is 2.18. The van der Waals surface area contributed by atoms with Gasteiger partial charge in [0.2, 0.25) is 0 Å². The Labute approximate surface area is 101 Å². The van der Waals surface area contributed by atoms with E-state index in [0.29, 0.717) is 13.2 Å². The van der Waals surface area contributed by atoms with Crippen molar-refractivity contribution < 1.29 is 13.9 Å². The topological polar surface area (TPSA) is 30.5 Å². The molecule has 0 bridgehead atoms. The fourth-order valence-electron chi connectivity index (χ4n) is 1.86. The van der Waals surface area contributed by atoms with Crippen molar-refractivity contribution in [3.8, 4) is 0 Å². The highest BCUT2D eigenvalue weighted by Crippen LogP contribution is 2.07. The van der Waals surface area contributed by atoms with Crippen LogP contribution in [0.4, 0.5) is 4.39 Å². The van der Waals surface area contributed by atoms with Gasteiger partial charge < -0.3 is 14.8 Å². The molecule has 0 aliphatic carbocycles. The van der Waals surface area contributed by atoms with E-state index >= 15 is 0 Å². The molecule has 2 atom stereocenters. The van der Waals surface area contributed by atoms with Gasteiger partial charge in [0.1, 0.15) is 5.82 Å². The Kier molecular flexibility index (Phi) is 4.48. The Balaban J connectivity index is 1.70. The van der Waals surface area contributed by atoms with Crippen LogP contribution in [0.25, 0.3) is 0 Å². The zero-order valence-electron chi connectivity index (χ0n) is 9.99. The Bertz CT molecular complexity index is 342. The quantitative estimate of drug-likeness (QED) is 0.867. The zero-order chi connectivity index (χ0) is 12.1. The van der Waals surface area contributed by atoms with E-state index in [-0.39, 0.29) is 18.0 Å². The molecular formula is C13H18FNO2. The van der Waals surface area contributed by atoms with Gasteiger partial charge in [-0.2, -0.15) is 0 Å². The van der Waals surface area contributed by atoms with Gasteiger partial charge in [0.15, 0.2) is 0 Å². The molecule has 1 fully saturated rings. The van der Waals surface area contributed by atoms with Crippen LogP contribution in [-0.2, 0) is 16.1 Å². The largest absolute Gasteiger partial charge is 0.374 e. The Morgan fingerprint density at radius 2 is 2.12 bits per heavy atom. The van der Waals surface area contributed by atoms with Crippen LogP contribution >= 0.6 is 0 Å². The first-order valence-corrected chi connectivity index (χ1v) is 5.92. The van der Waals surface area contributed by atoms with Crippen LogP contribution in [0, 0.1) is 5.82 Å². The smallest absolute Gasteiger partial charge is 0.123 e. The van der Waals surface area contributed by atoms with E-state index < -0.39 is 0 Å².